The van der Waals surface area contributed by atoms with Gasteiger partial charge in [0, 0.05) is 0 Å². The molecule has 1 aromatic rings. The standard InChI is InChI=1S/C6H5ClN2O6S2.2Na/c7-5-2-1-4(16(10,11)12)3-6(5)8-9-17(13,14)15;;/h1-3H,(H,10,11,12)(H,13,14,15);;/q;2*+1/p-2. The van der Waals surface area contributed by atoms with Crippen LogP contribution in [-0.2, 0) is 20.4 Å². The molecular weight excluding hydrogens is 342 g/mol. The zero-order valence-electron chi connectivity index (χ0n) is 9.77. The maximum absolute atomic E-state index is 10.6. The second-order valence-electron chi connectivity index (χ2n) is 2.68. The predicted molar refractivity (Wildman–Crippen MR) is 53.6 cm³/mol. The molecule has 0 radical (unpaired) electrons. The minimum atomic E-state index is -4.97. The Labute approximate surface area is 158 Å². The number of benzene rings is 1. The molecule has 0 aliphatic heterocycles. The molecule has 94 valence electrons. The van der Waals surface area contributed by atoms with Gasteiger partial charge in [0.15, 0.2) is 0 Å². The molecule has 0 spiro atoms. The fourth-order valence-electron chi connectivity index (χ4n) is 0.819. The minimum absolute atomic E-state index is 0. The van der Waals surface area contributed by atoms with Crippen LogP contribution >= 0.6 is 11.6 Å². The van der Waals surface area contributed by atoms with E-state index < -0.39 is 31.0 Å². The summed E-state index contributed by atoms with van der Waals surface area (Å²) in [6.07, 6.45) is 0. The Kier molecular flexibility index (Phi) is 9.81. The number of rotatable bonds is 3. The summed E-state index contributed by atoms with van der Waals surface area (Å²) in [6.45, 7) is 0. The van der Waals surface area contributed by atoms with Gasteiger partial charge in [-0.25, -0.2) is 16.8 Å². The van der Waals surface area contributed by atoms with E-state index in [2.05, 4.69) is 9.63 Å². The third-order valence-corrected chi connectivity index (χ3v) is 2.89. The predicted octanol–water partition coefficient (Wildman–Crippen LogP) is -5.20. The Morgan fingerprint density at radius 3 is 2.00 bits per heavy atom. The van der Waals surface area contributed by atoms with Gasteiger partial charge in [0.1, 0.15) is 15.8 Å². The average molecular weight is 345 g/mol. The second-order valence-corrected chi connectivity index (χ2v) is 5.48. The summed E-state index contributed by atoms with van der Waals surface area (Å²) in [5.74, 6) is 0. The fraction of sp³-hybridized carbons (Fsp3) is 0. The van der Waals surface area contributed by atoms with Crippen molar-refractivity contribution in [1.82, 2.24) is 0 Å². The molecule has 8 nitrogen and oxygen atoms in total. The van der Waals surface area contributed by atoms with Crippen LogP contribution in [-0.4, -0.2) is 25.9 Å². The SMILES string of the molecule is O=S(=O)([O-])N=Nc1cc(S(=O)(=O)[O-])ccc1Cl.[Na+].[Na+]. The van der Waals surface area contributed by atoms with E-state index in [4.69, 9.17) is 11.6 Å². The first-order valence-corrected chi connectivity index (χ1v) is 6.89. The molecule has 0 bridgehead atoms. The van der Waals surface area contributed by atoms with Crippen molar-refractivity contribution in [1.29, 1.82) is 0 Å². The molecule has 1 aromatic carbocycles. The van der Waals surface area contributed by atoms with Crippen molar-refractivity contribution in [2.75, 3.05) is 0 Å². The molecule has 0 aliphatic rings. The second kappa shape index (κ2) is 8.39. The van der Waals surface area contributed by atoms with E-state index in [-0.39, 0.29) is 64.1 Å². The van der Waals surface area contributed by atoms with Crippen LogP contribution in [0.15, 0.2) is 32.7 Å². The summed E-state index contributed by atoms with van der Waals surface area (Å²) in [7, 11) is -9.70. The smallest absolute Gasteiger partial charge is 0.744 e. The summed E-state index contributed by atoms with van der Waals surface area (Å²) < 4.78 is 64.8. The van der Waals surface area contributed by atoms with Crippen molar-refractivity contribution in [2.24, 2.45) is 9.63 Å². The first-order valence-electron chi connectivity index (χ1n) is 3.74. The van der Waals surface area contributed by atoms with Crippen molar-refractivity contribution in [2.45, 2.75) is 4.90 Å². The largest absolute Gasteiger partial charge is 1.00 e. The Hall–Kier alpha value is 0.930. The van der Waals surface area contributed by atoms with Crippen LogP contribution in [0.25, 0.3) is 0 Å². The summed E-state index contributed by atoms with van der Waals surface area (Å²) in [6, 6.07) is 2.63. The maximum Gasteiger partial charge on any atom is 1.00 e. The molecule has 13 heteroatoms. The van der Waals surface area contributed by atoms with E-state index in [1.165, 1.54) is 0 Å². The van der Waals surface area contributed by atoms with E-state index in [0.29, 0.717) is 6.07 Å². The molecule has 0 amide bonds. The topological polar surface area (TPSA) is 139 Å². The minimum Gasteiger partial charge on any atom is -0.744 e. The van der Waals surface area contributed by atoms with Crippen molar-refractivity contribution in [3.05, 3.63) is 23.2 Å². The van der Waals surface area contributed by atoms with E-state index in [1.807, 2.05) is 0 Å². The monoisotopic (exact) mass is 344 g/mol. The van der Waals surface area contributed by atoms with E-state index in [1.54, 1.807) is 0 Å². The number of hydrogen-bond donors (Lipinski definition) is 0. The van der Waals surface area contributed by atoms with Crippen LogP contribution in [0.5, 0.6) is 0 Å². The Morgan fingerprint density at radius 2 is 1.58 bits per heavy atom. The van der Waals surface area contributed by atoms with Crippen molar-refractivity contribution < 1.29 is 85.1 Å². The van der Waals surface area contributed by atoms with E-state index in [9.17, 15) is 25.9 Å². The Morgan fingerprint density at radius 1 is 1.05 bits per heavy atom. The van der Waals surface area contributed by atoms with Crippen molar-refractivity contribution >= 4 is 37.7 Å². The molecule has 0 atom stereocenters. The van der Waals surface area contributed by atoms with Crippen molar-refractivity contribution in [3.63, 3.8) is 0 Å². The number of nitrogens with zero attached hydrogens (tertiary/aromatic N) is 2. The molecule has 0 saturated carbocycles. The zero-order valence-corrected chi connectivity index (χ0v) is 16.2. The molecule has 0 heterocycles. The molecule has 0 N–H and O–H groups in total. The molecule has 0 aromatic heterocycles. The van der Waals surface area contributed by atoms with Gasteiger partial charge in [0.25, 0.3) is 0 Å². The summed E-state index contributed by atoms with van der Waals surface area (Å²) in [5.41, 5.74) is -0.414. The summed E-state index contributed by atoms with van der Waals surface area (Å²) in [4.78, 5) is -0.667. The molecule has 0 fully saturated rings. The van der Waals surface area contributed by atoms with Crippen LogP contribution in [0.4, 0.5) is 5.69 Å². The normalized spacial score (nSPS) is 11.7. The van der Waals surface area contributed by atoms with E-state index in [0.717, 1.165) is 12.1 Å². The van der Waals surface area contributed by atoms with Crippen LogP contribution in [0.2, 0.25) is 5.02 Å². The quantitative estimate of drug-likeness (QED) is 0.305. The third kappa shape index (κ3) is 8.07. The molecule has 0 saturated heterocycles. The summed E-state index contributed by atoms with van der Waals surface area (Å²) in [5, 5.41) is 2.78. The van der Waals surface area contributed by atoms with Gasteiger partial charge in [-0.3, -0.25) is 0 Å². The summed E-state index contributed by atoms with van der Waals surface area (Å²) >= 11 is 5.53. The van der Waals surface area contributed by atoms with Gasteiger partial charge in [-0.1, -0.05) is 16.1 Å². The molecule has 0 aliphatic carbocycles. The Bertz CT molecular complexity index is 675. The van der Waals surface area contributed by atoms with Gasteiger partial charge in [-0.05, 0) is 18.2 Å². The Balaban J connectivity index is 0. The zero-order chi connectivity index (χ0) is 13.3. The molecule has 19 heavy (non-hydrogen) atoms. The molecule has 1 rings (SSSR count). The van der Waals surface area contributed by atoms with Crippen LogP contribution in [0.1, 0.15) is 0 Å². The van der Waals surface area contributed by atoms with Gasteiger partial charge in [0.2, 0.25) is 10.3 Å². The van der Waals surface area contributed by atoms with Gasteiger partial charge >= 0.3 is 59.1 Å². The first-order chi connectivity index (χ1) is 7.59. The molecule has 0 unspecified atom stereocenters. The van der Waals surface area contributed by atoms with Crippen molar-refractivity contribution in [3.8, 4) is 0 Å². The first kappa shape index (κ1) is 22.2. The fourth-order valence-corrected chi connectivity index (χ4v) is 1.65. The van der Waals surface area contributed by atoms with Gasteiger partial charge < -0.3 is 9.11 Å². The van der Waals surface area contributed by atoms with E-state index >= 15 is 0 Å². The van der Waals surface area contributed by atoms with Crippen LogP contribution in [0.3, 0.4) is 0 Å². The number of hydrogen-bond acceptors (Lipinski definition) is 7. The van der Waals surface area contributed by atoms with Crippen LogP contribution < -0.4 is 59.1 Å². The van der Waals surface area contributed by atoms with Gasteiger partial charge in [0.05, 0.1) is 9.92 Å². The third-order valence-electron chi connectivity index (χ3n) is 1.45. The average Bonchev–Trinajstić information content (AvgIpc) is 2.13. The maximum atomic E-state index is 10.6. The number of halogens is 1. The van der Waals surface area contributed by atoms with Gasteiger partial charge in [-0.2, -0.15) is 0 Å². The van der Waals surface area contributed by atoms with Gasteiger partial charge in [-0.15, -0.1) is 5.11 Å². The molecular formula is C6H3ClN2Na2O6S2. The van der Waals surface area contributed by atoms with Crippen LogP contribution in [0, 0.1) is 0 Å².